The summed E-state index contributed by atoms with van der Waals surface area (Å²) in [6.07, 6.45) is 5.50. The summed E-state index contributed by atoms with van der Waals surface area (Å²) in [6.45, 7) is 2.10. The number of nitrogens with one attached hydrogen (secondary N) is 2. The van der Waals surface area contributed by atoms with E-state index in [1.165, 1.54) is 12.4 Å². The van der Waals surface area contributed by atoms with Gasteiger partial charge in [-0.25, -0.2) is 18.4 Å². The van der Waals surface area contributed by atoms with Crippen LogP contribution >= 0.6 is 0 Å². The minimum Gasteiger partial charge on any atom is -0.280 e. The third kappa shape index (κ3) is 4.21. The van der Waals surface area contributed by atoms with E-state index in [9.17, 15) is 8.42 Å². The van der Waals surface area contributed by atoms with Crippen LogP contribution in [0.2, 0.25) is 0 Å². The summed E-state index contributed by atoms with van der Waals surface area (Å²) in [5, 5.41) is 6.83. The number of benzene rings is 1. The number of aromatic amines is 1. The number of hydrogen-bond acceptors (Lipinski definition) is 5. The van der Waals surface area contributed by atoms with Gasteiger partial charge in [0.1, 0.15) is 4.90 Å². The van der Waals surface area contributed by atoms with Crippen molar-refractivity contribution in [2.45, 2.75) is 31.1 Å². The number of rotatable bonds is 7. The SMILES string of the molecule is CCCCc1cc(NS(=O)(=O)c2cnc(-c3ccccc3)nc2)n[nH]1. The van der Waals surface area contributed by atoms with E-state index in [0.717, 1.165) is 30.5 Å². The van der Waals surface area contributed by atoms with Gasteiger partial charge < -0.3 is 0 Å². The maximum atomic E-state index is 12.4. The molecule has 1 aromatic carbocycles. The van der Waals surface area contributed by atoms with E-state index < -0.39 is 10.0 Å². The number of sulfonamides is 1. The Bertz CT molecular complexity index is 921. The molecule has 0 atom stereocenters. The second-order valence-electron chi connectivity index (χ2n) is 5.60. The lowest BCUT2D eigenvalue weighted by Crippen LogP contribution is -2.14. The molecule has 0 radical (unpaired) electrons. The largest absolute Gasteiger partial charge is 0.280 e. The van der Waals surface area contributed by atoms with Crippen molar-refractivity contribution in [3.63, 3.8) is 0 Å². The minimum atomic E-state index is -3.78. The monoisotopic (exact) mass is 357 g/mol. The zero-order valence-corrected chi connectivity index (χ0v) is 14.6. The molecule has 7 nitrogen and oxygen atoms in total. The third-order valence-corrected chi connectivity index (χ3v) is 4.95. The summed E-state index contributed by atoms with van der Waals surface area (Å²) < 4.78 is 27.3. The average Bonchev–Trinajstić information content (AvgIpc) is 3.07. The fraction of sp³-hybridized carbons (Fsp3) is 0.235. The molecule has 130 valence electrons. The number of unbranched alkanes of at least 4 members (excludes halogenated alkanes) is 1. The maximum absolute atomic E-state index is 12.4. The number of aryl methyl sites for hydroxylation is 1. The normalized spacial score (nSPS) is 11.4. The standard InChI is InChI=1S/C17H19N5O2S/c1-2-3-9-14-10-16(21-20-14)22-25(23,24)15-11-18-17(19-12-15)13-7-5-4-6-8-13/h4-8,10-12H,2-3,9H2,1H3,(H2,20,21,22). The van der Waals surface area contributed by atoms with Crippen molar-refractivity contribution in [2.75, 3.05) is 4.72 Å². The molecule has 0 aliphatic carbocycles. The highest BCUT2D eigenvalue weighted by atomic mass is 32.2. The lowest BCUT2D eigenvalue weighted by molar-refractivity contribution is 0.600. The Morgan fingerprint density at radius 2 is 1.84 bits per heavy atom. The molecular formula is C17H19N5O2S. The molecule has 0 amide bonds. The Labute approximate surface area is 146 Å². The Morgan fingerprint density at radius 3 is 2.52 bits per heavy atom. The molecule has 0 spiro atoms. The molecule has 0 aliphatic rings. The summed E-state index contributed by atoms with van der Waals surface area (Å²) in [7, 11) is -3.78. The quantitative estimate of drug-likeness (QED) is 0.677. The fourth-order valence-corrected chi connectivity index (χ4v) is 3.18. The number of anilines is 1. The van der Waals surface area contributed by atoms with E-state index in [0.29, 0.717) is 5.82 Å². The van der Waals surface area contributed by atoms with Gasteiger partial charge in [0.25, 0.3) is 10.0 Å². The van der Waals surface area contributed by atoms with Gasteiger partial charge in [-0.2, -0.15) is 5.10 Å². The Morgan fingerprint density at radius 1 is 1.12 bits per heavy atom. The molecule has 8 heteroatoms. The molecule has 0 fully saturated rings. The highest BCUT2D eigenvalue weighted by Gasteiger charge is 2.17. The lowest BCUT2D eigenvalue weighted by Gasteiger charge is -2.05. The van der Waals surface area contributed by atoms with E-state index in [1.54, 1.807) is 6.07 Å². The van der Waals surface area contributed by atoms with E-state index in [2.05, 4.69) is 31.8 Å². The van der Waals surface area contributed by atoms with Gasteiger partial charge in [-0.15, -0.1) is 0 Å². The molecular weight excluding hydrogens is 338 g/mol. The van der Waals surface area contributed by atoms with Gasteiger partial charge in [0.05, 0.1) is 12.4 Å². The van der Waals surface area contributed by atoms with Crippen LogP contribution in [0, 0.1) is 0 Å². The first-order chi connectivity index (χ1) is 12.1. The molecule has 2 heterocycles. The Kier molecular flexibility index (Phi) is 5.08. The third-order valence-electron chi connectivity index (χ3n) is 3.64. The summed E-state index contributed by atoms with van der Waals surface area (Å²) >= 11 is 0. The van der Waals surface area contributed by atoms with Crippen LogP contribution in [0.25, 0.3) is 11.4 Å². The van der Waals surface area contributed by atoms with Crippen molar-refractivity contribution in [2.24, 2.45) is 0 Å². The highest BCUT2D eigenvalue weighted by Crippen LogP contribution is 2.17. The zero-order chi connectivity index (χ0) is 17.7. The number of aromatic nitrogens is 4. The van der Waals surface area contributed by atoms with E-state index >= 15 is 0 Å². The predicted molar refractivity (Wildman–Crippen MR) is 95.5 cm³/mol. The molecule has 2 aromatic heterocycles. The molecule has 0 saturated heterocycles. The van der Waals surface area contributed by atoms with E-state index in [1.807, 2.05) is 30.3 Å². The maximum Gasteiger partial charge on any atom is 0.266 e. The topological polar surface area (TPSA) is 101 Å². The molecule has 25 heavy (non-hydrogen) atoms. The fourth-order valence-electron chi connectivity index (χ4n) is 2.30. The van der Waals surface area contributed by atoms with Crippen LogP contribution < -0.4 is 4.72 Å². The summed E-state index contributed by atoms with van der Waals surface area (Å²) in [5.74, 6) is 0.736. The van der Waals surface area contributed by atoms with Gasteiger partial charge in [0, 0.05) is 17.3 Å². The molecule has 0 aliphatic heterocycles. The summed E-state index contributed by atoms with van der Waals surface area (Å²) in [4.78, 5) is 8.28. The van der Waals surface area contributed by atoms with Crippen molar-refractivity contribution in [3.05, 3.63) is 54.5 Å². The number of nitrogens with zero attached hydrogens (tertiary/aromatic N) is 3. The van der Waals surface area contributed by atoms with E-state index in [-0.39, 0.29) is 10.7 Å². The highest BCUT2D eigenvalue weighted by molar-refractivity contribution is 7.92. The first kappa shape index (κ1) is 17.1. The van der Waals surface area contributed by atoms with Gasteiger partial charge in [-0.1, -0.05) is 43.7 Å². The van der Waals surface area contributed by atoms with Crippen LogP contribution in [-0.2, 0) is 16.4 Å². The van der Waals surface area contributed by atoms with Crippen molar-refractivity contribution >= 4 is 15.8 Å². The minimum absolute atomic E-state index is 0.00899. The first-order valence-electron chi connectivity index (χ1n) is 8.03. The van der Waals surface area contributed by atoms with Gasteiger partial charge in [-0.05, 0) is 12.8 Å². The zero-order valence-electron chi connectivity index (χ0n) is 13.8. The summed E-state index contributed by atoms with van der Waals surface area (Å²) in [5.41, 5.74) is 1.72. The molecule has 2 N–H and O–H groups in total. The van der Waals surface area contributed by atoms with Gasteiger partial charge >= 0.3 is 0 Å². The summed E-state index contributed by atoms with van der Waals surface area (Å²) in [6, 6.07) is 11.1. The second kappa shape index (κ2) is 7.43. The first-order valence-corrected chi connectivity index (χ1v) is 9.51. The average molecular weight is 357 g/mol. The van der Waals surface area contributed by atoms with Gasteiger partial charge in [-0.3, -0.25) is 9.82 Å². The van der Waals surface area contributed by atoms with Crippen LogP contribution in [-0.4, -0.2) is 28.6 Å². The number of H-pyrrole nitrogens is 1. The van der Waals surface area contributed by atoms with Crippen molar-refractivity contribution in [1.29, 1.82) is 0 Å². The van der Waals surface area contributed by atoms with Crippen molar-refractivity contribution < 1.29 is 8.42 Å². The van der Waals surface area contributed by atoms with Crippen LogP contribution in [0.5, 0.6) is 0 Å². The smallest absolute Gasteiger partial charge is 0.266 e. The molecule has 0 saturated carbocycles. The van der Waals surface area contributed by atoms with Crippen LogP contribution in [0.15, 0.2) is 53.7 Å². The van der Waals surface area contributed by atoms with Crippen LogP contribution in [0.4, 0.5) is 5.82 Å². The van der Waals surface area contributed by atoms with Gasteiger partial charge in [0.15, 0.2) is 11.6 Å². The van der Waals surface area contributed by atoms with Crippen LogP contribution in [0.3, 0.4) is 0 Å². The molecule has 0 bridgehead atoms. The molecule has 3 rings (SSSR count). The molecule has 0 unspecified atom stereocenters. The van der Waals surface area contributed by atoms with E-state index in [4.69, 9.17) is 0 Å². The molecule has 3 aromatic rings. The van der Waals surface area contributed by atoms with Gasteiger partial charge in [0.2, 0.25) is 0 Å². The Hall–Kier alpha value is -2.74. The number of hydrogen-bond donors (Lipinski definition) is 2. The second-order valence-corrected chi connectivity index (χ2v) is 7.28. The Balaban J connectivity index is 1.75. The lowest BCUT2D eigenvalue weighted by atomic mass is 10.2. The van der Waals surface area contributed by atoms with Crippen LogP contribution in [0.1, 0.15) is 25.5 Å². The van der Waals surface area contributed by atoms with Crippen molar-refractivity contribution in [1.82, 2.24) is 20.2 Å². The predicted octanol–water partition coefficient (Wildman–Crippen LogP) is 3.01. The van der Waals surface area contributed by atoms with Crippen molar-refractivity contribution in [3.8, 4) is 11.4 Å².